The third-order valence-corrected chi connectivity index (χ3v) is 11.3. The Labute approximate surface area is 317 Å². The van der Waals surface area contributed by atoms with E-state index in [-0.39, 0.29) is 29.8 Å². The van der Waals surface area contributed by atoms with Crippen LogP contribution in [0.15, 0.2) is 61.1 Å². The SMILES string of the molecule is COc1cn2ccnc2cc1-c1ccc(N(C)c2nn(C3CCN(c4cccc(N5CCC(=O)NC5=O)c4C)CC3)c3c2CN(C(C)=O)CC3)cc1C(F)F. The molecule has 5 aromatic rings. The minimum atomic E-state index is -2.76. The number of nitrogens with zero attached hydrogens (tertiary/aromatic N) is 8. The quantitative estimate of drug-likeness (QED) is 0.193. The van der Waals surface area contributed by atoms with Gasteiger partial charge in [-0.3, -0.25) is 24.5 Å². The molecule has 0 aliphatic carbocycles. The summed E-state index contributed by atoms with van der Waals surface area (Å²) in [4.78, 5) is 48.9. The molecular formula is C40H43F2N9O4. The Morgan fingerprint density at radius 3 is 2.53 bits per heavy atom. The summed E-state index contributed by atoms with van der Waals surface area (Å²) >= 11 is 0. The van der Waals surface area contributed by atoms with E-state index in [9.17, 15) is 23.2 Å². The number of methoxy groups -OCH3 is 1. The number of halogens is 2. The second kappa shape index (κ2) is 14.3. The second-order valence-electron chi connectivity index (χ2n) is 14.4. The van der Waals surface area contributed by atoms with Crippen LogP contribution in [-0.4, -0.2) is 82.2 Å². The summed E-state index contributed by atoms with van der Waals surface area (Å²) in [5.41, 5.74) is 6.68. The zero-order chi connectivity index (χ0) is 38.5. The van der Waals surface area contributed by atoms with E-state index < -0.39 is 12.5 Å². The van der Waals surface area contributed by atoms with Crippen molar-refractivity contribution in [3.05, 3.63) is 83.4 Å². The number of benzene rings is 2. The highest BCUT2D eigenvalue weighted by Gasteiger charge is 2.33. The molecule has 2 fully saturated rings. The molecule has 0 radical (unpaired) electrons. The number of alkyl halides is 2. The molecule has 1 N–H and O–H groups in total. The van der Waals surface area contributed by atoms with Crippen molar-refractivity contribution in [1.82, 2.24) is 29.4 Å². The highest BCUT2D eigenvalue weighted by Crippen LogP contribution is 2.42. The van der Waals surface area contributed by atoms with Gasteiger partial charge in [0.25, 0.3) is 6.43 Å². The molecule has 15 heteroatoms. The number of imidazole rings is 1. The lowest BCUT2D eigenvalue weighted by molar-refractivity contribution is -0.129. The van der Waals surface area contributed by atoms with Crippen LogP contribution < -0.4 is 24.8 Å². The highest BCUT2D eigenvalue weighted by molar-refractivity contribution is 6.06. The Hall–Kier alpha value is -5.99. The van der Waals surface area contributed by atoms with Crippen LogP contribution in [0.5, 0.6) is 5.75 Å². The number of pyridine rings is 1. The van der Waals surface area contributed by atoms with Crippen LogP contribution in [0.2, 0.25) is 0 Å². The first-order chi connectivity index (χ1) is 26.5. The number of hydrogen-bond acceptors (Lipinski definition) is 8. The molecule has 4 amide bonds. The van der Waals surface area contributed by atoms with E-state index in [0.29, 0.717) is 60.1 Å². The van der Waals surface area contributed by atoms with Crippen molar-refractivity contribution >= 4 is 46.4 Å². The number of hydrogen-bond donors (Lipinski definition) is 1. The molecule has 3 aliphatic heterocycles. The lowest BCUT2D eigenvalue weighted by atomic mass is 9.98. The molecule has 6 heterocycles. The predicted octanol–water partition coefficient (Wildman–Crippen LogP) is 6.41. The topological polar surface area (TPSA) is 121 Å². The summed E-state index contributed by atoms with van der Waals surface area (Å²) in [6.07, 6.45) is 4.89. The average Bonchev–Trinajstić information content (AvgIpc) is 3.81. The average molecular weight is 752 g/mol. The van der Waals surface area contributed by atoms with Gasteiger partial charge in [0.15, 0.2) is 5.82 Å². The zero-order valence-electron chi connectivity index (χ0n) is 31.3. The second-order valence-corrected chi connectivity index (χ2v) is 14.4. The first kappa shape index (κ1) is 36.0. The van der Waals surface area contributed by atoms with Gasteiger partial charge in [0.05, 0.1) is 31.6 Å². The minimum absolute atomic E-state index is 0.0284. The number of urea groups is 1. The van der Waals surface area contributed by atoms with Crippen molar-refractivity contribution in [3.63, 3.8) is 0 Å². The van der Waals surface area contributed by atoms with Crippen LogP contribution in [0, 0.1) is 6.92 Å². The van der Waals surface area contributed by atoms with Gasteiger partial charge in [-0.1, -0.05) is 12.1 Å². The third kappa shape index (κ3) is 6.50. The molecule has 3 aromatic heterocycles. The Balaban J connectivity index is 1.08. The number of amides is 4. The van der Waals surface area contributed by atoms with Crippen LogP contribution in [0.4, 0.5) is 36.5 Å². The van der Waals surface area contributed by atoms with Gasteiger partial charge in [0.1, 0.15) is 11.4 Å². The summed E-state index contributed by atoms with van der Waals surface area (Å²) in [5, 5.41) is 7.61. The number of rotatable bonds is 8. The number of imide groups is 1. The monoisotopic (exact) mass is 751 g/mol. The largest absolute Gasteiger partial charge is 0.495 e. The van der Waals surface area contributed by atoms with E-state index in [1.807, 2.05) is 37.1 Å². The number of anilines is 4. The number of piperidine rings is 1. The summed E-state index contributed by atoms with van der Waals surface area (Å²) < 4.78 is 39.2. The van der Waals surface area contributed by atoms with E-state index in [2.05, 4.69) is 25.9 Å². The van der Waals surface area contributed by atoms with Gasteiger partial charge in [0.2, 0.25) is 11.8 Å². The molecule has 13 nitrogen and oxygen atoms in total. The maximum Gasteiger partial charge on any atom is 0.328 e. The molecule has 8 rings (SSSR count). The van der Waals surface area contributed by atoms with Crippen molar-refractivity contribution in [1.29, 1.82) is 0 Å². The van der Waals surface area contributed by atoms with Crippen LogP contribution in [0.1, 0.15) is 61.0 Å². The van der Waals surface area contributed by atoms with Crippen molar-refractivity contribution in [2.45, 2.75) is 58.5 Å². The van der Waals surface area contributed by atoms with Gasteiger partial charge in [-0.2, -0.15) is 5.10 Å². The van der Waals surface area contributed by atoms with Gasteiger partial charge in [-0.05, 0) is 61.2 Å². The molecule has 3 aliphatic rings. The molecule has 2 aromatic carbocycles. The number of fused-ring (bicyclic) bond motifs is 2. The predicted molar refractivity (Wildman–Crippen MR) is 204 cm³/mol. The lowest BCUT2D eigenvalue weighted by Crippen LogP contribution is -2.50. The zero-order valence-corrected chi connectivity index (χ0v) is 31.3. The van der Waals surface area contributed by atoms with Crippen molar-refractivity contribution < 1.29 is 27.9 Å². The van der Waals surface area contributed by atoms with Crippen LogP contribution in [0.3, 0.4) is 0 Å². The minimum Gasteiger partial charge on any atom is -0.495 e. The Morgan fingerprint density at radius 1 is 1.02 bits per heavy atom. The maximum absolute atomic E-state index is 14.9. The number of nitrogens with one attached hydrogen (secondary N) is 1. The summed E-state index contributed by atoms with van der Waals surface area (Å²) in [6, 6.07) is 12.4. The van der Waals surface area contributed by atoms with Crippen LogP contribution in [0.25, 0.3) is 16.8 Å². The number of carbonyl (C=O) groups is 3. The lowest BCUT2D eigenvalue weighted by Gasteiger charge is -2.37. The van der Waals surface area contributed by atoms with Crippen molar-refractivity contribution in [3.8, 4) is 16.9 Å². The van der Waals surface area contributed by atoms with Crippen molar-refractivity contribution in [2.24, 2.45) is 0 Å². The van der Waals surface area contributed by atoms with Gasteiger partial charge in [0, 0.05) is 99.1 Å². The standard InChI is InChI=1S/C40H43F2N9O4/c1-24-32(6-5-7-33(24)50-18-13-37(53)44-40(50)54)47-15-10-26(11-16-47)51-34-12-17-48(25(2)52)22-31(34)39(45-51)46(3)27-8-9-28(30(20-27)38(41)42)29-21-36-43-14-19-49(36)23-35(29)55-4/h5-9,14,19-21,23,26,38H,10-13,15-18,22H2,1-4H3,(H,44,53,54). The van der Waals surface area contributed by atoms with Crippen molar-refractivity contribution in [2.75, 3.05) is 55.0 Å². The molecule has 0 unspecified atom stereocenters. The number of carbonyl (C=O) groups excluding carboxylic acids is 3. The van der Waals surface area contributed by atoms with E-state index in [4.69, 9.17) is 9.84 Å². The molecule has 0 bridgehead atoms. The van der Waals surface area contributed by atoms with E-state index in [0.717, 1.165) is 54.1 Å². The molecule has 0 spiro atoms. The Morgan fingerprint density at radius 2 is 1.80 bits per heavy atom. The van der Waals surface area contributed by atoms with Gasteiger partial charge < -0.3 is 23.8 Å². The molecule has 0 saturated carbocycles. The molecule has 0 atom stereocenters. The Kier molecular flexibility index (Phi) is 9.39. The van der Waals surface area contributed by atoms with Crippen LogP contribution >= 0.6 is 0 Å². The summed E-state index contributed by atoms with van der Waals surface area (Å²) in [5.74, 6) is 0.790. The fourth-order valence-corrected chi connectivity index (χ4v) is 8.28. The smallest absolute Gasteiger partial charge is 0.328 e. The number of ether oxygens (including phenoxy) is 1. The highest BCUT2D eigenvalue weighted by atomic mass is 19.3. The molecule has 286 valence electrons. The van der Waals surface area contributed by atoms with E-state index in [1.165, 1.54) is 13.2 Å². The van der Waals surface area contributed by atoms with Gasteiger partial charge in [-0.15, -0.1) is 0 Å². The van der Waals surface area contributed by atoms with Crippen LogP contribution in [-0.2, 0) is 22.6 Å². The maximum atomic E-state index is 14.9. The van der Waals surface area contributed by atoms with Gasteiger partial charge in [-0.25, -0.2) is 18.6 Å². The third-order valence-electron chi connectivity index (χ3n) is 11.3. The fourth-order valence-electron chi connectivity index (χ4n) is 8.28. The van der Waals surface area contributed by atoms with E-state index in [1.54, 1.807) is 51.8 Å². The molecule has 2 saturated heterocycles. The normalized spacial score (nSPS) is 16.5. The summed E-state index contributed by atoms with van der Waals surface area (Å²) in [7, 11) is 3.35. The number of aromatic nitrogens is 4. The van der Waals surface area contributed by atoms with E-state index >= 15 is 0 Å². The van der Waals surface area contributed by atoms with Gasteiger partial charge >= 0.3 is 6.03 Å². The first-order valence-corrected chi connectivity index (χ1v) is 18.5. The fraction of sp³-hybridized carbons (Fsp3) is 0.375. The first-order valence-electron chi connectivity index (χ1n) is 18.5. The Bertz CT molecular complexity index is 2310. The summed E-state index contributed by atoms with van der Waals surface area (Å²) in [6.45, 7) is 6.37. The molecule has 55 heavy (non-hydrogen) atoms. The molecular weight excluding hydrogens is 708 g/mol.